The van der Waals surface area contributed by atoms with Gasteiger partial charge in [0.1, 0.15) is 11.4 Å². The molecule has 0 aliphatic carbocycles. The van der Waals surface area contributed by atoms with Crippen molar-refractivity contribution >= 4 is 60.9 Å². The number of hydrogen-bond acceptors (Lipinski definition) is 5. The maximum atomic E-state index is 6.72. The number of hydrogen-bond donors (Lipinski definition) is 1. The van der Waals surface area contributed by atoms with Crippen LogP contribution in [0, 0.1) is 0 Å². The van der Waals surface area contributed by atoms with E-state index in [4.69, 9.17) is 19.4 Å². The molecule has 51 heavy (non-hydrogen) atoms. The van der Waals surface area contributed by atoms with Crippen LogP contribution in [-0.4, -0.2) is 19.9 Å². The molecule has 8 bridgehead atoms. The van der Waals surface area contributed by atoms with Crippen molar-refractivity contribution in [3.05, 3.63) is 158 Å². The zero-order valence-corrected chi connectivity index (χ0v) is 27.2. The van der Waals surface area contributed by atoms with Gasteiger partial charge in [-0.3, -0.25) is 4.90 Å². The molecule has 6 heteroatoms. The smallest absolute Gasteiger partial charge is 0.162 e. The summed E-state index contributed by atoms with van der Waals surface area (Å²) in [5.74, 6) is 1.42. The summed E-state index contributed by atoms with van der Waals surface area (Å²) in [4.78, 5) is 22.0. The van der Waals surface area contributed by atoms with Crippen molar-refractivity contribution in [2.45, 2.75) is 0 Å². The van der Waals surface area contributed by atoms with Gasteiger partial charge < -0.3 is 9.40 Å². The van der Waals surface area contributed by atoms with Crippen LogP contribution in [0.25, 0.3) is 88.9 Å². The fraction of sp³-hybridized carbons (Fsp3) is 0. The molecule has 10 aromatic rings. The van der Waals surface area contributed by atoms with Gasteiger partial charge in [-0.05, 0) is 54.6 Å². The van der Waals surface area contributed by atoms with Gasteiger partial charge in [-0.1, -0.05) is 103 Å². The van der Waals surface area contributed by atoms with Crippen LogP contribution in [0.3, 0.4) is 0 Å². The average Bonchev–Trinajstić information content (AvgIpc) is 3.77. The fourth-order valence-corrected chi connectivity index (χ4v) is 7.61. The van der Waals surface area contributed by atoms with Crippen molar-refractivity contribution < 1.29 is 4.42 Å². The number of nitrogens with zero attached hydrogens (tertiary/aromatic N) is 4. The number of benzene rings is 6. The number of nitrogens with one attached hydrogen (secondary N) is 1. The molecular formula is C45H27N5O. The molecule has 0 radical (unpaired) electrons. The number of rotatable bonds is 2. The molecule has 5 heterocycles. The summed E-state index contributed by atoms with van der Waals surface area (Å²) in [5, 5.41) is 4.27. The van der Waals surface area contributed by atoms with Gasteiger partial charge >= 0.3 is 0 Å². The van der Waals surface area contributed by atoms with Crippen molar-refractivity contribution in [3.63, 3.8) is 0 Å². The van der Waals surface area contributed by atoms with Gasteiger partial charge in [0.15, 0.2) is 11.4 Å². The normalized spacial score (nSPS) is 12.3. The van der Waals surface area contributed by atoms with Gasteiger partial charge in [-0.2, -0.15) is 0 Å². The molecule has 4 aromatic heterocycles. The van der Waals surface area contributed by atoms with Crippen molar-refractivity contribution in [1.29, 1.82) is 0 Å². The van der Waals surface area contributed by atoms with Crippen molar-refractivity contribution in [1.82, 2.24) is 19.9 Å². The highest BCUT2D eigenvalue weighted by molar-refractivity contribution is 6.15. The van der Waals surface area contributed by atoms with Crippen LogP contribution in [0.5, 0.6) is 0 Å². The van der Waals surface area contributed by atoms with Gasteiger partial charge in [-0.25, -0.2) is 15.0 Å². The highest BCUT2D eigenvalue weighted by atomic mass is 16.3. The second-order valence-electron chi connectivity index (χ2n) is 12.9. The van der Waals surface area contributed by atoms with E-state index < -0.39 is 0 Å². The van der Waals surface area contributed by atoms with Gasteiger partial charge in [0.25, 0.3) is 0 Å². The Morgan fingerprint density at radius 2 is 1.14 bits per heavy atom. The van der Waals surface area contributed by atoms with Gasteiger partial charge in [0.2, 0.25) is 0 Å². The summed E-state index contributed by atoms with van der Waals surface area (Å²) >= 11 is 0. The third-order valence-electron chi connectivity index (χ3n) is 9.95. The van der Waals surface area contributed by atoms with E-state index in [1.165, 1.54) is 0 Å². The third kappa shape index (κ3) is 4.26. The number of pyridine rings is 1. The van der Waals surface area contributed by atoms with Crippen molar-refractivity contribution in [2.24, 2.45) is 0 Å². The van der Waals surface area contributed by atoms with Crippen LogP contribution in [0.1, 0.15) is 0 Å². The number of H-pyrrole nitrogens is 1. The zero-order chi connectivity index (χ0) is 33.5. The summed E-state index contributed by atoms with van der Waals surface area (Å²) in [6, 6.07) is 54.4. The molecule has 0 fully saturated rings. The maximum Gasteiger partial charge on any atom is 0.162 e. The van der Waals surface area contributed by atoms with Gasteiger partial charge in [-0.15, -0.1) is 0 Å². The lowest BCUT2D eigenvalue weighted by Crippen LogP contribution is -2.12. The second-order valence-corrected chi connectivity index (χ2v) is 12.9. The average molecular weight is 654 g/mol. The number of fused-ring (bicyclic) bond motifs is 14. The first-order valence-corrected chi connectivity index (χ1v) is 17.0. The standard InChI is InChI=1S/C45H27N5O/c1-3-12-27(13-4-1)37-26-38-28-24-35-30-16-7-8-22-40(30)51-44(35)39(25-28)50(29-14-5-2-6-15-29)41-23-11-21-36(46-41)33-19-9-17-31-32-18-10-20-34(45(47-37)48-38)43(32)49-42(31)33/h1-26,49H. The molecule has 0 saturated heterocycles. The number of furan rings is 1. The molecule has 1 N–H and O–H groups in total. The van der Waals surface area contributed by atoms with E-state index in [1.54, 1.807) is 0 Å². The van der Waals surface area contributed by atoms with Gasteiger partial charge in [0.05, 0.1) is 33.8 Å². The quantitative estimate of drug-likeness (QED) is 0.201. The van der Waals surface area contributed by atoms with Crippen LogP contribution in [0.2, 0.25) is 0 Å². The lowest BCUT2D eigenvalue weighted by Gasteiger charge is -2.25. The predicted molar refractivity (Wildman–Crippen MR) is 206 cm³/mol. The molecule has 1 aliphatic rings. The largest absolute Gasteiger partial charge is 0.454 e. The topological polar surface area (TPSA) is 70.8 Å². The van der Waals surface area contributed by atoms with E-state index >= 15 is 0 Å². The first kappa shape index (κ1) is 27.9. The number of aromatic nitrogens is 4. The summed E-state index contributed by atoms with van der Waals surface area (Å²) in [6.45, 7) is 0. The Hall–Kier alpha value is -7.05. The number of aromatic amines is 1. The first-order valence-electron chi connectivity index (χ1n) is 17.0. The van der Waals surface area contributed by atoms with E-state index in [0.29, 0.717) is 5.82 Å². The Morgan fingerprint density at radius 1 is 0.471 bits per heavy atom. The van der Waals surface area contributed by atoms with Crippen molar-refractivity contribution in [2.75, 3.05) is 4.90 Å². The molecule has 0 saturated carbocycles. The lowest BCUT2D eigenvalue weighted by atomic mass is 10.0. The van der Waals surface area contributed by atoms with Crippen LogP contribution in [0.15, 0.2) is 162 Å². The Balaban J connectivity index is 1.33. The molecule has 1 aliphatic heterocycles. The SMILES string of the molecule is c1ccc(-c2cc3nc(n2)-c2cccc4c2[nH]c2c(cccc24)-c2cccc(n2)N(c2ccccc2)c2cc-3cc3c2oc2ccccc23)cc1. The fourth-order valence-electron chi connectivity index (χ4n) is 7.61. The predicted octanol–water partition coefficient (Wildman–Crippen LogP) is 11.9. The highest BCUT2D eigenvalue weighted by Gasteiger charge is 2.24. The molecular weight excluding hydrogens is 627 g/mol. The summed E-state index contributed by atoms with van der Waals surface area (Å²) < 4.78 is 6.72. The molecule has 0 spiro atoms. The molecule has 11 rings (SSSR count). The minimum absolute atomic E-state index is 0.650. The van der Waals surface area contributed by atoms with E-state index in [9.17, 15) is 0 Å². The first-order chi connectivity index (χ1) is 25.3. The third-order valence-corrected chi connectivity index (χ3v) is 9.95. The number of para-hydroxylation sites is 4. The van der Waals surface area contributed by atoms with Crippen LogP contribution in [-0.2, 0) is 0 Å². The molecule has 0 unspecified atom stereocenters. The Bertz CT molecular complexity index is 2980. The molecule has 0 amide bonds. The zero-order valence-electron chi connectivity index (χ0n) is 27.2. The second kappa shape index (κ2) is 10.7. The summed E-state index contributed by atoms with van der Waals surface area (Å²) in [6.07, 6.45) is 0. The Labute approximate surface area is 292 Å². The minimum Gasteiger partial charge on any atom is -0.454 e. The monoisotopic (exact) mass is 653 g/mol. The summed E-state index contributed by atoms with van der Waals surface area (Å²) in [5.41, 5.74) is 11.9. The Kier molecular flexibility index (Phi) is 5.86. The van der Waals surface area contributed by atoms with Crippen LogP contribution in [0.4, 0.5) is 17.2 Å². The lowest BCUT2D eigenvalue weighted by molar-refractivity contribution is 0.669. The van der Waals surface area contributed by atoms with E-state index in [-0.39, 0.29) is 0 Å². The molecule has 6 aromatic carbocycles. The molecule has 0 atom stereocenters. The molecule has 6 nitrogen and oxygen atoms in total. The van der Waals surface area contributed by atoms with Gasteiger partial charge in [0, 0.05) is 49.5 Å². The van der Waals surface area contributed by atoms with E-state index in [1.807, 2.05) is 36.4 Å². The maximum absolute atomic E-state index is 6.72. The molecule has 238 valence electrons. The van der Waals surface area contributed by atoms with Crippen LogP contribution < -0.4 is 4.90 Å². The number of anilines is 3. The van der Waals surface area contributed by atoms with Crippen molar-refractivity contribution in [3.8, 4) is 45.2 Å². The van der Waals surface area contributed by atoms with E-state index in [0.717, 1.165) is 100 Å². The Morgan fingerprint density at radius 3 is 1.96 bits per heavy atom. The highest BCUT2D eigenvalue weighted by Crippen LogP contribution is 2.45. The summed E-state index contributed by atoms with van der Waals surface area (Å²) in [7, 11) is 0. The van der Waals surface area contributed by atoms with E-state index in [2.05, 4.69) is 131 Å². The minimum atomic E-state index is 0.650. The van der Waals surface area contributed by atoms with Crippen LogP contribution >= 0.6 is 0 Å².